The van der Waals surface area contributed by atoms with Gasteiger partial charge >= 0.3 is 12.0 Å². The predicted molar refractivity (Wildman–Crippen MR) is 71.6 cm³/mol. The molecule has 8 nitrogen and oxygen atoms in total. The van der Waals surface area contributed by atoms with E-state index in [1.165, 1.54) is 12.5 Å². The largest absolute Gasteiger partial charge is 0.476 e. The lowest BCUT2D eigenvalue weighted by atomic mass is 10.3. The molecule has 110 valence electrons. The van der Waals surface area contributed by atoms with E-state index in [2.05, 4.69) is 20.5 Å². The van der Waals surface area contributed by atoms with E-state index >= 15 is 0 Å². The van der Waals surface area contributed by atoms with Crippen LogP contribution in [0.4, 0.5) is 4.79 Å². The first-order chi connectivity index (χ1) is 9.54. The Labute approximate surface area is 116 Å². The first-order valence-electron chi connectivity index (χ1n) is 6.52. The minimum Gasteiger partial charge on any atom is -0.476 e. The van der Waals surface area contributed by atoms with E-state index in [0.717, 1.165) is 19.5 Å². The van der Waals surface area contributed by atoms with Gasteiger partial charge in [0, 0.05) is 31.9 Å². The van der Waals surface area contributed by atoms with Crippen molar-refractivity contribution in [2.45, 2.75) is 19.0 Å². The lowest BCUT2D eigenvalue weighted by Crippen LogP contribution is -2.43. The van der Waals surface area contributed by atoms with E-state index in [9.17, 15) is 9.59 Å². The number of aromatic carboxylic acids is 1. The monoisotopic (exact) mass is 281 g/mol. The molecule has 1 aromatic rings. The molecule has 0 spiro atoms. The van der Waals surface area contributed by atoms with Crippen LogP contribution in [-0.2, 0) is 6.54 Å². The van der Waals surface area contributed by atoms with Crippen LogP contribution in [-0.4, -0.2) is 64.3 Å². The van der Waals surface area contributed by atoms with Gasteiger partial charge in [0.25, 0.3) is 0 Å². The molecule has 1 aliphatic rings. The van der Waals surface area contributed by atoms with Gasteiger partial charge in [-0.1, -0.05) is 0 Å². The number of urea groups is 1. The predicted octanol–water partition coefficient (Wildman–Crippen LogP) is -0.415. The lowest BCUT2D eigenvalue weighted by Gasteiger charge is -2.13. The molecule has 0 aromatic carbocycles. The molecule has 2 rings (SSSR count). The van der Waals surface area contributed by atoms with Crippen LogP contribution < -0.4 is 10.6 Å². The Morgan fingerprint density at radius 1 is 1.55 bits per heavy atom. The van der Waals surface area contributed by atoms with Crippen molar-refractivity contribution in [1.29, 1.82) is 0 Å². The number of carbonyl (C=O) groups excluding carboxylic acids is 1. The average molecular weight is 281 g/mol. The minimum absolute atomic E-state index is 0.00319. The van der Waals surface area contributed by atoms with Crippen molar-refractivity contribution in [2.24, 2.45) is 0 Å². The normalized spacial score (nSPS) is 18.9. The van der Waals surface area contributed by atoms with E-state index in [-0.39, 0.29) is 17.8 Å². The number of amides is 2. The van der Waals surface area contributed by atoms with Gasteiger partial charge in [-0.15, -0.1) is 0 Å². The van der Waals surface area contributed by atoms with Gasteiger partial charge in [-0.2, -0.15) is 0 Å². The number of likely N-dealkylation sites (N-methyl/N-ethyl adjacent to an activating group) is 1. The number of carboxylic acid groups (broad SMARTS) is 1. The van der Waals surface area contributed by atoms with E-state index in [0.29, 0.717) is 13.1 Å². The zero-order valence-corrected chi connectivity index (χ0v) is 11.4. The van der Waals surface area contributed by atoms with Crippen LogP contribution in [0.3, 0.4) is 0 Å². The summed E-state index contributed by atoms with van der Waals surface area (Å²) in [6, 6.07) is 0.00994. The summed E-state index contributed by atoms with van der Waals surface area (Å²) in [5.41, 5.74) is 0.00319. The van der Waals surface area contributed by atoms with Crippen molar-refractivity contribution < 1.29 is 14.7 Å². The van der Waals surface area contributed by atoms with Gasteiger partial charge in [-0.25, -0.2) is 14.6 Å². The Bertz CT molecular complexity index is 487. The molecule has 0 radical (unpaired) electrons. The van der Waals surface area contributed by atoms with Gasteiger partial charge in [-0.3, -0.25) is 0 Å². The molecule has 1 unspecified atom stereocenters. The minimum atomic E-state index is -1.06. The Kier molecular flexibility index (Phi) is 4.57. The van der Waals surface area contributed by atoms with Gasteiger partial charge in [0.2, 0.25) is 0 Å². The number of hydrogen-bond donors (Lipinski definition) is 3. The van der Waals surface area contributed by atoms with Crippen molar-refractivity contribution >= 4 is 12.0 Å². The van der Waals surface area contributed by atoms with Crippen LogP contribution in [0.2, 0.25) is 0 Å². The van der Waals surface area contributed by atoms with Crippen LogP contribution in [0.25, 0.3) is 0 Å². The second-order valence-electron chi connectivity index (χ2n) is 4.95. The third-order valence-corrected chi connectivity index (χ3v) is 3.23. The first kappa shape index (κ1) is 14.3. The number of rotatable bonds is 5. The molecular weight excluding hydrogens is 262 g/mol. The Balaban J connectivity index is 1.67. The van der Waals surface area contributed by atoms with Crippen molar-refractivity contribution in [2.75, 3.05) is 26.7 Å². The number of carbonyl (C=O) groups is 2. The molecule has 2 heterocycles. The Morgan fingerprint density at radius 2 is 2.35 bits per heavy atom. The summed E-state index contributed by atoms with van der Waals surface area (Å²) < 4.78 is 1.63. The number of aromatic nitrogens is 2. The molecule has 1 saturated heterocycles. The molecule has 1 fully saturated rings. The van der Waals surface area contributed by atoms with Crippen molar-refractivity contribution in [3.8, 4) is 0 Å². The zero-order chi connectivity index (χ0) is 14.5. The standard InChI is InChI=1S/C12H19N5O3/c1-16-4-2-9(6-16)15-12(20)13-3-5-17-7-10(11(18)19)14-8-17/h7-9H,2-6H2,1H3,(H,18,19)(H2,13,15,20). The van der Waals surface area contributed by atoms with Gasteiger partial charge < -0.3 is 25.2 Å². The number of nitrogens with zero attached hydrogens (tertiary/aromatic N) is 3. The molecule has 0 bridgehead atoms. The first-order valence-corrected chi connectivity index (χ1v) is 6.52. The SMILES string of the molecule is CN1CCC(NC(=O)NCCn2cnc(C(=O)O)c2)C1. The van der Waals surface area contributed by atoms with Gasteiger partial charge in [-0.05, 0) is 20.0 Å². The van der Waals surface area contributed by atoms with Crippen LogP contribution in [0.15, 0.2) is 12.5 Å². The topological polar surface area (TPSA) is 99.5 Å². The third-order valence-electron chi connectivity index (χ3n) is 3.23. The van der Waals surface area contributed by atoms with Gasteiger partial charge in [0.15, 0.2) is 5.69 Å². The van der Waals surface area contributed by atoms with Crippen molar-refractivity contribution in [3.05, 3.63) is 18.2 Å². The summed E-state index contributed by atoms with van der Waals surface area (Å²) in [7, 11) is 2.03. The molecular formula is C12H19N5O3. The molecule has 20 heavy (non-hydrogen) atoms. The summed E-state index contributed by atoms with van der Waals surface area (Å²) in [6.07, 6.45) is 3.84. The fourth-order valence-corrected chi connectivity index (χ4v) is 2.18. The van der Waals surface area contributed by atoms with E-state index < -0.39 is 5.97 Å². The molecule has 3 N–H and O–H groups in total. The second-order valence-corrected chi connectivity index (χ2v) is 4.95. The number of nitrogens with one attached hydrogen (secondary N) is 2. The highest BCUT2D eigenvalue weighted by Crippen LogP contribution is 2.05. The number of imidazole rings is 1. The maximum Gasteiger partial charge on any atom is 0.356 e. The van der Waals surface area contributed by atoms with Crippen molar-refractivity contribution in [1.82, 2.24) is 25.1 Å². The highest BCUT2D eigenvalue weighted by Gasteiger charge is 2.20. The van der Waals surface area contributed by atoms with E-state index in [1.807, 2.05) is 7.05 Å². The Hall–Kier alpha value is -2.09. The Morgan fingerprint density at radius 3 is 2.95 bits per heavy atom. The number of likely N-dealkylation sites (tertiary alicyclic amines) is 1. The highest BCUT2D eigenvalue weighted by molar-refractivity contribution is 5.84. The molecule has 0 saturated carbocycles. The van der Waals surface area contributed by atoms with Gasteiger partial charge in [0.1, 0.15) is 0 Å². The third kappa shape index (κ3) is 3.95. The maximum absolute atomic E-state index is 11.6. The van der Waals surface area contributed by atoms with Crippen LogP contribution in [0, 0.1) is 0 Å². The summed E-state index contributed by atoms with van der Waals surface area (Å²) in [5.74, 6) is -1.06. The molecule has 1 atom stereocenters. The molecule has 0 aliphatic carbocycles. The molecule has 2 amide bonds. The summed E-state index contributed by atoms with van der Waals surface area (Å²) in [5, 5.41) is 14.4. The average Bonchev–Trinajstić information content (AvgIpc) is 2.99. The van der Waals surface area contributed by atoms with Gasteiger partial charge in [0.05, 0.1) is 6.33 Å². The zero-order valence-electron chi connectivity index (χ0n) is 11.4. The fraction of sp³-hybridized carbons (Fsp3) is 0.583. The molecule has 1 aliphatic heterocycles. The highest BCUT2D eigenvalue weighted by atomic mass is 16.4. The number of carboxylic acids is 1. The van der Waals surface area contributed by atoms with Crippen LogP contribution >= 0.6 is 0 Å². The smallest absolute Gasteiger partial charge is 0.356 e. The van der Waals surface area contributed by atoms with E-state index in [4.69, 9.17) is 5.11 Å². The lowest BCUT2D eigenvalue weighted by molar-refractivity contribution is 0.0691. The summed E-state index contributed by atoms with van der Waals surface area (Å²) in [6.45, 7) is 2.77. The van der Waals surface area contributed by atoms with Crippen molar-refractivity contribution in [3.63, 3.8) is 0 Å². The molecule has 1 aromatic heterocycles. The molecule has 8 heteroatoms. The number of hydrogen-bond acceptors (Lipinski definition) is 4. The second kappa shape index (κ2) is 6.38. The van der Waals surface area contributed by atoms with E-state index in [1.54, 1.807) is 4.57 Å². The fourth-order valence-electron chi connectivity index (χ4n) is 2.18. The quantitative estimate of drug-likeness (QED) is 0.681. The summed E-state index contributed by atoms with van der Waals surface area (Å²) >= 11 is 0. The van der Waals surface area contributed by atoms with Crippen LogP contribution in [0.5, 0.6) is 0 Å². The maximum atomic E-state index is 11.6. The van der Waals surface area contributed by atoms with Crippen LogP contribution in [0.1, 0.15) is 16.9 Å². The summed E-state index contributed by atoms with van der Waals surface area (Å²) in [4.78, 5) is 28.2.